The zero-order chi connectivity index (χ0) is 31.5. The number of fused-ring (bicyclic) bond motifs is 1. The Labute approximate surface area is 257 Å². The number of rotatable bonds is 10. The summed E-state index contributed by atoms with van der Waals surface area (Å²) in [6, 6.07) is 15.0. The van der Waals surface area contributed by atoms with Crippen LogP contribution in [-0.2, 0) is 9.53 Å². The molecule has 1 atom stereocenters. The number of allylic oxidation sites excluding steroid dienone is 1. The Hall–Kier alpha value is -4.77. The Morgan fingerprint density at radius 2 is 1.91 bits per heavy atom. The van der Waals surface area contributed by atoms with Crippen LogP contribution in [0.15, 0.2) is 80.1 Å². The number of non-ortho nitro benzene ring substituents is 1. The Morgan fingerprint density at radius 3 is 2.55 bits per heavy atom. The highest BCUT2D eigenvalue weighted by molar-refractivity contribution is 7.07. The van der Waals surface area contributed by atoms with Crippen molar-refractivity contribution in [1.82, 2.24) is 4.57 Å². The highest BCUT2D eigenvalue weighted by atomic mass is 32.1. The molecule has 1 unspecified atom stereocenters. The second kappa shape index (κ2) is 12.8. The number of esters is 1. The van der Waals surface area contributed by atoms with Gasteiger partial charge in [-0.2, -0.15) is 0 Å². The summed E-state index contributed by atoms with van der Waals surface area (Å²) in [4.78, 5) is 43.4. The van der Waals surface area contributed by atoms with Gasteiger partial charge >= 0.3 is 5.97 Å². The van der Waals surface area contributed by atoms with E-state index in [0.717, 1.165) is 17.5 Å². The van der Waals surface area contributed by atoms with Gasteiger partial charge in [-0.25, -0.2) is 9.79 Å². The van der Waals surface area contributed by atoms with Gasteiger partial charge in [0.1, 0.15) is 17.3 Å². The average molecular weight is 616 g/mol. The fourth-order valence-corrected chi connectivity index (χ4v) is 6.20. The minimum absolute atomic E-state index is 0.100. The first-order valence-electron chi connectivity index (χ1n) is 14.4. The molecular weight excluding hydrogens is 582 g/mol. The second-order valence-electron chi connectivity index (χ2n) is 10.6. The van der Waals surface area contributed by atoms with Crippen LogP contribution >= 0.6 is 11.3 Å². The molecule has 0 N–H and O–H groups in total. The third kappa shape index (κ3) is 5.87. The van der Waals surface area contributed by atoms with Gasteiger partial charge in [0.25, 0.3) is 11.2 Å². The summed E-state index contributed by atoms with van der Waals surface area (Å²) in [5, 5.41) is 11.2. The van der Waals surface area contributed by atoms with E-state index in [1.165, 1.54) is 30.6 Å². The molecule has 1 aliphatic rings. The zero-order valence-corrected chi connectivity index (χ0v) is 26.0. The van der Waals surface area contributed by atoms with Crippen LogP contribution in [0.3, 0.4) is 0 Å². The Kier molecular flexibility index (Phi) is 8.96. The Balaban J connectivity index is 1.64. The van der Waals surface area contributed by atoms with Crippen LogP contribution in [0, 0.1) is 10.1 Å². The van der Waals surface area contributed by atoms with E-state index in [4.69, 9.17) is 18.9 Å². The lowest BCUT2D eigenvalue weighted by molar-refractivity contribution is -0.384. The SMILES string of the molecule is CCCC1=C(C(=O)OCC)C(c2ccc(C(C)C)cc2)n2c(s/c(=C\c3ccc(-c4ccc([N+](=O)[O-])cc4OC)o3)c2=O)=N1. The molecule has 3 heterocycles. The van der Waals surface area contributed by atoms with Crippen molar-refractivity contribution < 1.29 is 23.6 Å². The largest absolute Gasteiger partial charge is 0.496 e. The number of aromatic nitrogens is 1. The molecule has 44 heavy (non-hydrogen) atoms. The van der Waals surface area contributed by atoms with Gasteiger partial charge in [-0.1, -0.05) is 62.8 Å². The maximum Gasteiger partial charge on any atom is 0.338 e. The third-order valence-electron chi connectivity index (χ3n) is 7.37. The van der Waals surface area contributed by atoms with Crippen LogP contribution in [0.5, 0.6) is 5.75 Å². The summed E-state index contributed by atoms with van der Waals surface area (Å²) < 4.78 is 18.8. The van der Waals surface area contributed by atoms with Gasteiger partial charge in [-0.05, 0) is 48.6 Å². The number of ether oxygens (including phenoxy) is 2. The molecule has 0 saturated heterocycles. The topological polar surface area (TPSA) is 126 Å². The lowest BCUT2D eigenvalue weighted by Crippen LogP contribution is -2.40. The molecule has 0 radical (unpaired) electrons. The van der Waals surface area contributed by atoms with Gasteiger partial charge in [-0.3, -0.25) is 19.5 Å². The van der Waals surface area contributed by atoms with Crippen LogP contribution < -0.4 is 19.6 Å². The number of carbonyl (C=O) groups excluding carboxylic acids is 1. The Bertz CT molecular complexity index is 1930. The van der Waals surface area contributed by atoms with Gasteiger partial charge in [0.2, 0.25) is 0 Å². The van der Waals surface area contributed by atoms with Gasteiger partial charge in [0.05, 0.1) is 52.1 Å². The van der Waals surface area contributed by atoms with Crippen LogP contribution in [0.4, 0.5) is 5.69 Å². The van der Waals surface area contributed by atoms with E-state index in [9.17, 15) is 19.7 Å². The van der Waals surface area contributed by atoms with Crippen molar-refractivity contribution >= 4 is 29.1 Å². The standard InChI is InChI=1S/C33H33N3O7S/c1-6-8-25-29(32(38)42-7-2)30(21-11-9-20(10-12-21)19(3)4)35-31(37)28(44-33(35)34-25)18-23-14-16-26(43-23)24-15-13-22(36(39)40)17-27(24)41-5/h9-19,30H,6-8H2,1-5H3/b28-18-. The van der Waals surface area contributed by atoms with E-state index in [2.05, 4.69) is 13.8 Å². The normalized spacial score (nSPS) is 14.9. The van der Waals surface area contributed by atoms with Crippen molar-refractivity contribution in [2.24, 2.45) is 4.99 Å². The van der Waals surface area contributed by atoms with Gasteiger partial charge in [0, 0.05) is 12.1 Å². The third-order valence-corrected chi connectivity index (χ3v) is 8.36. The zero-order valence-electron chi connectivity index (χ0n) is 25.2. The predicted octanol–water partition coefficient (Wildman–Crippen LogP) is 5.88. The van der Waals surface area contributed by atoms with E-state index < -0.39 is 16.9 Å². The second-order valence-corrected chi connectivity index (χ2v) is 11.6. The maximum absolute atomic E-state index is 14.0. The lowest BCUT2D eigenvalue weighted by Gasteiger charge is -2.26. The number of nitro groups is 1. The van der Waals surface area contributed by atoms with Crippen molar-refractivity contribution in [2.75, 3.05) is 13.7 Å². The molecular formula is C33H33N3O7S. The molecule has 1 aliphatic heterocycles. The molecule has 2 aromatic heterocycles. The minimum atomic E-state index is -0.702. The summed E-state index contributed by atoms with van der Waals surface area (Å²) in [7, 11) is 1.43. The molecule has 11 heteroatoms. The molecule has 0 saturated carbocycles. The van der Waals surface area contributed by atoms with E-state index in [-0.39, 0.29) is 23.6 Å². The van der Waals surface area contributed by atoms with Crippen molar-refractivity contribution in [2.45, 2.75) is 52.5 Å². The molecule has 4 aromatic rings. The number of furan rings is 1. The molecule has 5 rings (SSSR count). The number of nitro benzene ring substituents is 1. The quantitative estimate of drug-likeness (QED) is 0.124. The Morgan fingerprint density at radius 1 is 1.16 bits per heavy atom. The van der Waals surface area contributed by atoms with Crippen molar-refractivity contribution in [3.05, 3.63) is 113 Å². The number of methoxy groups -OCH3 is 1. The van der Waals surface area contributed by atoms with Crippen molar-refractivity contribution in [1.29, 1.82) is 0 Å². The number of thiazole rings is 1. The van der Waals surface area contributed by atoms with E-state index >= 15 is 0 Å². The van der Waals surface area contributed by atoms with Crippen molar-refractivity contribution in [3.8, 4) is 17.1 Å². The number of hydrogen-bond donors (Lipinski definition) is 0. The molecule has 0 spiro atoms. The molecule has 0 amide bonds. The first-order chi connectivity index (χ1) is 21.2. The number of benzene rings is 2. The lowest BCUT2D eigenvalue weighted by atomic mass is 9.92. The number of nitrogens with zero attached hydrogens (tertiary/aromatic N) is 3. The predicted molar refractivity (Wildman–Crippen MR) is 168 cm³/mol. The molecule has 2 aromatic carbocycles. The summed E-state index contributed by atoms with van der Waals surface area (Å²) in [6.07, 6.45) is 2.95. The maximum atomic E-state index is 14.0. The monoisotopic (exact) mass is 615 g/mol. The first-order valence-corrected chi connectivity index (χ1v) is 15.2. The average Bonchev–Trinajstić information content (AvgIpc) is 3.60. The molecule has 10 nitrogen and oxygen atoms in total. The summed E-state index contributed by atoms with van der Waals surface area (Å²) >= 11 is 1.22. The molecule has 0 bridgehead atoms. The highest BCUT2D eigenvalue weighted by Gasteiger charge is 2.34. The van der Waals surface area contributed by atoms with Gasteiger partial charge in [0.15, 0.2) is 4.80 Å². The molecule has 228 valence electrons. The van der Waals surface area contributed by atoms with Gasteiger partial charge in [-0.15, -0.1) is 0 Å². The van der Waals surface area contributed by atoms with E-state index in [1.807, 2.05) is 31.2 Å². The number of hydrogen-bond acceptors (Lipinski definition) is 9. The van der Waals surface area contributed by atoms with E-state index in [0.29, 0.717) is 50.0 Å². The summed E-state index contributed by atoms with van der Waals surface area (Å²) in [5.74, 6) is 0.957. The van der Waals surface area contributed by atoms with Crippen molar-refractivity contribution in [3.63, 3.8) is 0 Å². The molecule has 0 fully saturated rings. The van der Waals surface area contributed by atoms with Crippen LogP contribution in [0.1, 0.15) is 69.4 Å². The van der Waals surface area contributed by atoms with Gasteiger partial charge < -0.3 is 13.9 Å². The minimum Gasteiger partial charge on any atom is -0.496 e. The fourth-order valence-electron chi connectivity index (χ4n) is 5.20. The fraction of sp³-hybridized carbons (Fsp3) is 0.303. The summed E-state index contributed by atoms with van der Waals surface area (Å²) in [6.45, 7) is 8.19. The molecule has 0 aliphatic carbocycles. The highest BCUT2D eigenvalue weighted by Crippen LogP contribution is 2.35. The first kappa shape index (κ1) is 30.7. The summed E-state index contributed by atoms with van der Waals surface area (Å²) in [5.41, 5.74) is 3.05. The van der Waals surface area contributed by atoms with Crippen LogP contribution in [0.2, 0.25) is 0 Å². The number of carbonyl (C=O) groups is 1. The van der Waals surface area contributed by atoms with Crippen LogP contribution in [-0.4, -0.2) is 29.2 Å². The van der Waals surface area contributed by atoms with Crippen LogP contribution in [0.25, 0.3) is 17.4 Å². The van der Waals surface area contributed by atoms with E-state index in [1.54, 1.807) is 35.8 Å². The smallest absolute Gasteiger partial charge is 0.338 e.